The molecule has 0 aromatic rings. The third kappa shape index (κ3) is 3.05. The van der Waals surface area contributed by atoms with Crippen molar-refractivity contribution in [3.8, 4) is 0 Å². The molecular formula is C10H13NO3S2. The van der Waals surface area contributed by atoms with Crippen LogP contribution < -0.4 is 0 Å². The molecule has 0 unspecified atom stereocenters. The van der Waals surface area contributed by atoms with Crippen LogP contribution in [0.5, 0.6) is 0 Å². The minimum Gasteiger partial charge on any atom is -0.466 e. The molecule has 0 aliphatic carbocycles. The SMILES string of the molecule is COC(=O)C=C1SC(=S)N(CC(C)C)C1=O. The minimum absolute atomic E-state index is 0.214. The van der Waals surface area contributed by atoms with E-state index < -0.39 is 5.97 Å². The van der Waals surface area contributed by atoms with E-state index in [-0.39, 0.29) is 5.91 Å². The van der Waals surface area contributed by atoms with Crippen molar-refractivity contribution in [3.63, 3.8) is 0 Å². The lowest BCUT2D eigenvalue weighted by molar-refractivity contribution is -0.135. The summed E-state index contributed by atoms with van der Waals surface area (Å²) in [7, 11) is 1.27. The Bertz CT molecular complexity index is 363. The fraction of sp³-hybridized carbons (Fsp3) is 0.500. The van der Waals surface area contributed by atoms with E-state index in [4.69, 9.17) is 12.2 Å². The molecule has 6 heteroatoms. The highest BCUT2D eigenvalue weighted by Crippen LogP contribution is 2.31. The molecule has 0 radical (unpaired) electrons. The summed E-state index contributed by atoms with van der Waals surface area (Å²) in [5.74, 6) is -0.417. The fourth-order valence-electron chi connectivity index (χ4n) is 1.19. The maximum absolute atomic E-state index is 11.8. The fourth-order valence-corrected chi connectivity index (χ4v) is 2.42. The average Bonchev–Trinajstić information content (AvgIpc) is 2.45. The molecular weight excluding hydrogens is 246 g/mol. The van der Waals surface area contributed by atoms with E-state index >= 15 is 0 Å². The Hall–Kier alpha value is -0.880. The summed E-state index contributed by atoms with van der Waals surface area (Å²) in [6, 6.07) is 0. The molecule has 1 heterocycles. The van der Waals surface area contributed by atoms with Crippen LogP contribution in [-0.4, -0.2) is 34.8 Å². The monoisotopic (exact) mass is 259 g/mol. The highest BCUT2D eigenvalue weighted by molar-refractivity contribution is 8.26. The van der Waals surface area contributed by atoms with Gasteiger partial charge in [-0.1, -0.05) is 37.8 Å². The summed E-state index contributed by atoms with van der Waals surface area (Å²) in [5, 5.41) is 0. The van der Waals surface area contributed by atoms with Crippen molar-refractivity contribution < 1.29 is 14.3 Å². The Morgan fingerprint density at radius 2 is 2.25 bits per heavy atom. The van der Waals surface area contributed by atoms with Crippen molar-refractivity contribution in [1.29, 1.82) is 0 Å². The summed E-state index contributed by atoms with van der Waals surface area (Å²) in [5.41, 5.74) is 0. The predicted molar refractivity (Wildman–Crippen MR) is 66.8 cm³/mol. The maximum Gasteiger partial charge on any atom is 0.331 e. The van der Waals surface area contributed by atoms with E-state index in [1.54, 1.807) is 0 Å². The normalized spacial score (nSPS) is 18.8. The molecule has 1 fully saturated rings. The second-order valence-corrected chi connectivity index (χ2v) is 5.39. The van der Waals surface area contributed by atoms with E-state index in [0.29, 0.717) is 21.7 Å². The Morgan fingerprint density at radius 1 is 1.62 bits per heavy atom. The quantitative estimate of drug-likeness (QED) is 0.437. The van der Waals surface area contributed by atoms with E-state index in [0.717, 1.165) is 11.8 Å². The molecule has 1 aliphatic rings. The first kappa shape index (κ1) is 13.2. The van der Waals surface area contributed by atoms with Gasteiger partial charge in [-0.05, 0) is 5.92 Å². The minimum atomic E-state index is -0.537. The zero-order chi connectivity index (χ0) is 12.3. The van der Waals surface area contributed by atoms with Crippen molar-refractivity contribution in [1.82, 2.24) is 4.90 Å². The molecule has 1 saturated heterocycles. The van der Waals surface area contributed by atoms with Gasteiger partial charge in [0.05, 0.1) is 12.0 Å². The Labute approximate surface area is 104 Å². The second kappa shape index (κ2) is 5.45. The molecule has 0 aromatic carbocycles. The first-order valence-electron chi connectivity index (χ1n) is 4.79. The molecule has 88 valence electrons. The van der Waals surface area contributed by atoms with Gasteiger partial charge in [-0.15, -0.1) is 0 Å². The number of thiocarbonyl (C=S) groups is 1. The van der Waals surface area contributed by atoms with Crippen LogP contribution in [0.25, 0.3) is 0 Å². The lowest BCUT2D eigenvalue weighted by Crippen LogP contribution is -2.31. The van der Waals surface area contributed by atoms with Gasteiger partial charge in [-0.25, -0.2) is 4.79 Å². The topological polar surface area (TPSA) is 46.6 Å². The van der Waals surface area contributed by atoms with Crippen molar-refractivity contribution in [2.24, 2.45) is 5.92 Å². The first-order valence-corrected chi connectivity index (χ1v) is 6.01. The largest absolute Gasteiger partial charge is 0.466 e. The van der Waals surface area contributed by atoms with Crippen LogP contribution in [0.2, 0.25) is 0 Å². The predicted octanol–water partition coefficient (Wildman–Crippen LogP) is 1.56. The van der Waals surface area contributed by atoms with E-state index in [2.05, 4.69) is 4.74 Å². The van der Waals surface area contributed by atoms with Crippen LogP contribution in [0.3, 0.4) is 0 Å². The van der Waals surface area contributed by atoms with Crippen molar-refractivity contribution in [2.45, 2.75) is 13.8 Å². The van der Waals surface area contributed by atoms with Crippen molar-refractivity contribution in [2.75, 3.05) is 13.7 Å². The van der Waals surface area contributed by atoms with Gasteiger partial charge in [0.1, 0.15) is 4.32 Å². The number of thioether (sulfide) groups is 1. The number of amides is 1. The molecule has 1 aliphatic heterocycles. The lowest BCUT2D eigenvalue weighted by atomic mass is 10.2. The van der Waals surface area contributed by atoms with Gasteiger partial charge < -0.3 is 4.74 Å². The lowest BCUT2D eigenvalue weighted by Gasteiger charge is -2.16. The maximum atomic E-state index is 11.8. The molecule has 0 bridgehead atoms. The third-order valence-corrected chi connectivity index (χ3v) is 3.25. The number of carbonyl (C=O) groups is 2. The van der Waals surface area contributed by atoms with Crippen LogP contribution in [0.1, 0.15) is 13.8 Å². The summed E-state index contributed by atoms with van der Waals surface area (Å²) >= 11 is 6.21. The molecule has 4 nitrogen and oxygen atoms in total. The van der Waals surface area contributed by atoms with Gasteiger partial charge in [0.25, 0.3) is 5.91 Å². The number of esters is 1. The molecule has 16 heavy (non-hydrogen) atoms. The molecule has 0 N–H and O–H groups in total. The smallest absolute Gasteiger partial charge is 0.331 e. The third-order valence-electron chi connectivity index (χ3n) is 1.87. The van der Waals surface area contributed by atoms with Gasteiger partial charge in [0.2, 0.25) is 0 Å². The summed E-state index contributed by atoms with van der Waals surface area (Å²) in [6.45, 7) is 4.58. The van der Waals surface area contributed by atoms with Gasteiger partial charge in [0.15, 0.2) is 0 Å². The summed E-state index contributed by atoms with van der Waals surface area (Å²) in [6.07, 6.45) is 1.18. The number of hydrogen-bond donors (Lipinski definition) is 0. The molecule has 0 spiro atoms. The summed E-state index contributed by atoms with van der Waals surface area (Å²) < 4.78 is 4.96. The number of carbonyl (C=O) groups excluding carboxylic acids is 2. The van der Waals surface area contributed by atoms with Gasteiger partial charge >= 0.3 is 5.97 Å². The van der Waals surface area contributed by atoms with Gasteiger partial charge in [0, 0.05) is 12.6 Å². The van der Waals surface area contributed by atoms with Crippen LogP contribution in [0.15, 0.2) is 11.0 Å². The molecule has 1 rings (SSSR count). The summed E-state index contributed by atoms with van der Waals surface area (Å²) in [4.78, 5) is 24.7. The van der Waals surface area contributed by atoms with E-state index in [9.17, 15) is 9.59 Å². The number of hydrogen-bond acceptors (Lipinski definition) is 5. The second-order valence-electron chi connectivity index (χ2n) is 3.71. The molecule has 0 saturated carbocycles. The first-order chi connectivity index (χ1) is 7.45. The molecule has 0 aromatic heterocycles. The van der Waals surface area contributed by atoms with Gasteiger partial charge in [-0.3, -0.25) is 9.69 Å². The Kier molecular flexibility index (Phi) is 4.49. The van der Waals surface area contributed by atoms with E-state index in [1.807, 2.05) is 13.8 Å². The van der Waals surface area contributed by atoms with Crippen LogP contribution in [-0.2, 0) is 14.3 Å². The number of nitrogens with zero attached hydrogens (tertiary/aromatic N) is 1. The zero-order valence-corrected chi connectivity index (χ0v) is 11.0. The highest BCUT2D eigenvalue weighted by atomic mass is 32.2. The zero-order valence-electron chi connectivity index (χ0n) is 9.35. The number of methoxy groups -OCH3 is 1. The average molecular weight is 259 g/mol. The van der Waals surface area contributed by atoms with Crippen LogP contribution in [0, 0.1) is 5.92 Å². The van der Waals surface area contributed by atoms with E-state index in [1.165, 1.54) is 18.1 Å². The van der Waals surface area contributed by atoms with Gasteiger partial charge in [-0.2, -0.15) is 0 Å². The molecule has 1 amide bonds. The Balaban J connectivity index is 2.82. The molecule has 0 atom stereocenters. The van der Waals surface area contributed by atoms with Crippen LogP contribution >= 0.6 is 24.0 Å². The van der Waals surface area contributed by atoms with Crippen molar-refractivity contribution >= 4 is 40.2 Å². The Morgan fingerprint density at radius 3 is 2.75 bits per heavy atom. The number of ether oxygens (including phenoxy) is 1. The van der Waals surface area contributed by atoms with Crippen molar-refractivity contribution in [3.05, 3.63) is 11.0 Å². The highest BCUT2D eigenvalue weighted by Gasteiger charge is 2.32. The van der Waals surface area contributed by atoms with Crippen LogP contribution in [0.4, 0.5) is 0 Å². The number of rotatable bonds is 3. The standard InChI is InChI=1S/C10H13NO3S2/c1-6(2)5-11-9(13)7(16-10(11)15)4-8(12)14-3/h4,6H,5H2,1-3H3.